The Morgan fingerprint density at radius 2 is 1.63 bits per heavy atom. The van der Waals surface area contributed by atoms with Crippen molar-refractivity contribution >= 4 is 29.0 Å². The summed E-state index contributed by atoms with van der Waals surface area (Å²) < 4.78 is 5.60. The van der Waals surface area contributed by atoms with Crippen LogP contribution in [0.2, 0.25) is 10.0 Å². The number of oxime groups is 1. The Morgan fingerprint density at radius 1 is 1.00 bits per heavy atom. The average Bonchev–Trinajstić information content (AvgIpc) is 2.43. The minimum Gasteiger partial charge on any atom is -0.457 e. The van der Waals surface area contributed by atoms with Gasteiger partial charge in [-0.15, -0.1) is 0 Å². The first-order chi connectivity index (χ1) is 9.10. The van der Waals surface area contributed by atoms with Crippen LogP contribution in [-0.2, 0) is 0 Å². The van der Waals surface area contributed by atoms with Gasteiger partial charge in [-0.3, -0.25) is 0 Å². The van der Waals surface area contributed by atoms with Crippen molar-refractivity contribution in [2.24, 2.45) is 10.9 Å². The summed E-state index contributed by atoms with van der Waals surface area (Å²) in [5.41, 5.74) is 6.06. The molecule has 0 heterocycles. The molecule has 2 rings (SSSR count). The smallest absolute Gasteiger partial charge is 0.170 e. The maximum atomic E-state index is 8.55. The molecular formula is C13H10Cl2N2O2. The first-order valence-corrected chi connectivity index (χ1v) is 6.06. The third-order valence-electron chi connectivity index (χ3n) is 2.38. The summed E-state index contributed by atoms with van der Waals surface area (Å²) in [5, 5.41) is 12.4. The molecule has 2 aromatic carbocycles. The minimum atomic E-state index is 0.0427. The third-order valence-corrected chi connectivity index (χ3v) is 3.12. The molecule has 2 aromatic rings. The zero-order valence-electron chi connectivity index (χ0n) is 9.68. The van der Waals surface area contributed by atoms with E-state index >= 15 is 0 Å². The van der Waals surface area contributed by atoms with Crippen LogP contribution in [0.4, 0.5) is 0 Å². The Bertz CT molecular complexity index is 613. The number of halogens is 2. The van der Waals surface area contributed by atoms with Gasteiger partial charge in [0.2, 0.25) is 0 Å². The van der Waals surface area contributed by atoms with E-state index < -0.39 is 0 Å². The standard InChI is InChI=1S/C13H10Cl2N2O2/c14-11-6-5-10(7-12(11)15)19-9-3-1-8(2-4-9)13(16)17-18/h1-7,18H,(H2,16,17). The molecule has 19 heavy (non-hydrogen) atoms. The molecule has 0 aromatic heterocycles. The van der Waals surface area contributed by atoms with Crippen LogP contribution in [0, 0.1) is 0 Å². The van der Waals surface area contributed by atoms with Crippen molar-refractivity contribution < 1.29 is 9.94 Å². The molecule has 4 nitrogen and oxygen atoms in total. The van der Waals surface area contributed by atoms with Crippen molar-refractivity contribution in [2.45, 2.75) is 0 Å². The van der Waals surface area contributed by atoms with Crippen LogP contribution in [0.5, 0.6) is 11.5 Å². The van der Waals surface area contributed by atoms with E-state index in [1.54, 1.807) is 42.5 Å². The van der Waals surface area contributed by atoms with Crippen LogP contribution < -0.4 is 10.5 Å². The largest absolute Gasteiger partial charge is 0.457 e. The summed E-state index contributed by atoms with van der Waals surface area (Å²) in [5.74, 6) is 1.22. The van der Waals surface area contributed by atoms with Crippen molar-refractivity contribution in [2.75, 3.05) is 0 Å². The highest BCUT2D eigenvalue weighted by atomic mass is 35.5. The number of nitrogens with two attached hydrogens (primary N) is 1. The monoisotopic (exact) mass is 296 g/mol. The molecular weight excluding hydrogens is 287 g/mol. The molecule has 3 N–H and O–H groups in total. The summed E-state index contributed by atoms with van der Waals surface area (Å²) >= 11 is 11.7. The lowest BCUT2D eigenvalue weighted by Gasteiger charge is -2.07. The number of rotatable bonds is 3. The van der Waals surface area contributed by atoms with Gasteiger partial charge in [-0.05, 0) is 36.4 Å². The second-order valence-electron chi connectivity index (χ2n) is 3.69. The fourth-order valence-corrected chi connectivity index (χ4v) is 1.72. The van der Waals surface area contributed by atoms with Crippen LogP contribution in [-0.4, -0.2) is 11.0 Å². The number of hydrogen-bond donors (Lipinski definition) is 2. The van der Waals surface area contributed by atoms with Gasteiger partial charge in [0.1, 0.15) is 11.5 Å². The number of nitrogens with zero attached hydrogens (tertiary/aromatic N) is 1. The molecule has 0 amide bonds. The SMILES string of the molecule is N/C(=N\O)c1ccc(Oc2ccc(Cl)c(Cl)c2)cc1. The van der Waals surface area contributed by atoms with Crippen LogP contribution in [0.15, 0.2) is 47.6 Å². The first kappa shape index (κ1) is 13.5. The highest BCUT2D eigenvalue weighted by molar-refractivity contribution is 6.42. The Labute approximate surface area is 120 Å². The molecule has 0 fully saturated rings. The Balaban J connectivity index is 2.17. The van der Waals surface area contributed by atoms with Crippen molar-refractivity contribution in [3.8, 4) is 11.5 Å². The molecule has 0 saturated carbocycles. The van der Waals surface area contributed by atoms with Gasteiger partial charge in [0.25, 0.3) is 0 Å². The first-order valence-electron chi connectivity index (χ1n) is 5.31. The molecule has 0 bridgehead atoms. The Morgan fingerprint density at radius 3 is 2.21 bits per heavy atom. The van der Waals surface area contributed by atoms with Gasteiger partial charge in [-0.2, -0.15) is 0 Å². The molecule has 0 radical (unpaired) electrons. The quantitative estimate of drug-likeness (QED) is 0.391. The van der Waals surface area contributed by atoms with Gasteiger partial charge in [-0.25, -0.2) is 0 Å². The third kappa shape index (κ3) is 3.30. The Kier molecular flexibility index (Phi) is 4.14. The van der Waals surface area contributed by atoms with Crippen LogP contribution in [0.1, 0.15) is 5.56 Å². The van der Waals surface area contributed by atoms with Crippen LogP contribution in [0.25, 0.3) is 0 Å². The zero-order valence-corrected chi connectivity index (χ0v) is 11.2. The number of ether oxygens (including phenoxy) is 1. The van der Waals surface area contributed by atoms with E-state index in [9.17, 15) is 0 Å². The van der Waals surface area contributed by atoms with E-state index in [0.717, 1.165) is 0 Å². The maximum absolute atomic E-state index is 8.55. The van der Waals surface area contributed by atoms with E-state index in [-0.39, 0.29) is 5.84 Å². The van der Waals surface area contributed by atoms with Gasteiger partial charge in [0, 0.05) is 11.6 Å². The van der Waals surface area contributed by atoms with E-state index in [0.29, 0.717) is 27.1 Å². The summed E-state index contributed by atoms with van der Waals surface area (Å²) in [6, 6.07) is 11.8. The van der Waals surface area contributed by atoms with Crippen molar-refractivity contribution in [3.63, 3.8) is 0 Å². The Hall–Kier alpha value is -1.91. The fraction of sp³-hybridized carbons (Fsp3) is 0. The van der Waals surface area contributed by atoms with E-state index in [1.807, 2.05) is 0 Å². The molecule has 0 aliphatic heterocycles. The lowest BCUT2D eigenvalue weighted by Crippen LogP contribution is -2.12. The average molecular weight is 297 g/mol. The number of amidine groups is 1. The minimum absolute atomic E-state index is 0.0427. The lowest BCUT2D eigenvalue weighted by atomic mass is 10.2. The van der Waals surface area contributed by atoms with Gasteiger partial charge in [0.15, 0.2) is 5.84 Å². The van der Waals surface area contributed by atoms with Crippen molar-refractivity contribution in [1.82, 2.24) is 0 Å². The molecule has 0 atom stereocenters. The fourth-order valence-electron chi connectivity index (χ4n) is 1.43. The predicted octanol–water partition coefficient (Wildman–Crippen LogP) is 3.88. The van der Waals surface area contributed by atoms with Gasteiger partial charge >= 0.3 is 0 Å². The van der Waals surface area contributed by atoms with Gasteiger partial charge < -0.3 is 15.7 Å². The zero-order chi connectivity index (χ0) is 13.8. The number of hydrogen-bond acceptors (Lipinski definition) is 3. The highest BCUT2D eigenvalue weighted by Crippen LogP contribution is 2.29. The van der Waals surface area contributed by atoms with Crippen molar-refractivity contribution in [3.05, 3.63) is 58.1 Å². The van der Waals surface area contributed by atoms with Crippen molar-refractivity contribution in [1.29, 1.82) is 0 Å². The normalized spacial score (nSPS) is 11.4. The van der Waals surface area contributed by atoms with Gasteiger partial charge in [-0.1, -0.05) is 28.4 Å². The van der Waals surface area contributed by atoms with Gasteiger partial charge in [0.05, 0.1) is 10.0 Å². The molecule has 0 unspecified atom stereocenters. The number of benzene rings is 2. The van der Waals surface area contributed by atoms with Crippen LogP contribution in [0.3, 0.4) is 0 Å². The van der Waals surface area contributed by atoms with Crippen LogP contribution >= 0.6 is 23.2 Å². The van der Waals surface area contributed by atoms with E-state index in [4.69, 9.17) is 38.9 Å². The molecule has 0 saturated heterocycles. The summed E-state index contributed by atoms with van der Waals surface area (Å²) in [7, 11) is 0. The second-order valence-corrected chi connectivity index (χ2v) is 4.50. The molecule has 0 aliphatic carbocycles. The molecule has 6 heteroatoms. The molecule has 0 spiro atoms. The summed E-state index contributed by atoms with van der Waals surface area (Å²) in [6.07, 6.45) is 0. The van der Waals surface area contributed by atoms with E-state index in [1.165, 1.54) is 0 Å². The maximum Gasteiger partial charge on any atom is 0.170 e. The molecule has 0 aliphatic rings. The topological polar surface area (TPSA) is 67.8 Å². The summed E-state index contributed by atoms with van der Waals surface area (Å²) in [4.78, 5) is 0. The highest BCUT2D eigenvalue weighted by Gasteiger charge is 2.03. The lowest BCUT2D eigenvalue weighted by molar-refractivity contribution is 0.318. The molecule has 98 valence electrons. The summed E-state index contributed by atoms with van der Waals surface area (Å²) in [6.45, 7) is 0. The predicted molar refractivity (Wildman–Crippen MR) is 75.5 cm³/mol. The van der Waals surface area contributed by atoms with E-state index in [2.05, 4.69) is 5.16 Å². The second kappa shape index (κ2) is 5.82.